The van der Waals surface area contributed by atoms with Gasteiger partial charge in [-0.25, -0.2) is 4.68 Å². The molecule has 0 bridgehead atoms. The highest BCUT2D eigenvalue weighted by Gasteiger charge is 2.03. The Hall–Kier alpha value is -1.48. The molecular weight excluding hydrogens is 212 g/mol. The Kier molecular flexibility index (Phi) is 2.64. The molecule has 1 aromatic heterocycles. The lowest BCUT2D eigenvalue weighted by Crippen LogP contribution is -1.94. The Bertz CT molecular complexity index is 479. The van der Waals surface area contributed by atoms with Gasteiger partial charge in [-0.1, -0.05) is 11.6 Å². The number of hydrogen-bond donors (Lipinski definition) is 0. The van der Waals surface area contributed by atoms with Crippen LogP contribution < -0.4 is 4.74 Å². The fourth-order valence-electron chi connectivity index (χ4n) is 1.35. The van der Waals surface area contributed by atoms with E-state index in [1.165, 1.54) is 0 Å². The standard InChI is InChI=1S/C11H11ClN2O/c1-8-6-13-14(7-8)9-3-4-11(15-2)10(12)5-9/h3-7H,1-2H3. The van der Waals surface area contributed by atoms with Crippen LogP contribution in [0.3, 0.4) is 0 Å². The van der Waals surface area contributed by atoms with Gasteiger partial charge < -0.3 is 4.74 Å². The molecule has 0 fully saturated rings. The fourth-order valence-corrected chi connectivity index (χ4v) is 1.60. The summed E-state index contributed by atoms with van der Waals surface area (Å²) in [6, 6.07) is 5.57. The number of nitrogens with zero attached hydrogens (tertiary/aromatic N) is 2. The Morgan fingerprint density at radius 1 is 1.40 bits per heavy atom. The highest BCUT2D eigenvalue weighted by molar-refractivity contribution is 6.32. The van der Waals surface area contributed by atoms with Crippen LogP contribution >= 0.6 is 11.6 Å². The minimum Gasteiger partial charge on any atom is -0.495 e. The van der Waals surface area contributed by atoms with Crippen molar-refractivity contribution in [2.75, 3.05) is 7.11 Å². The lowest BCUT2D eigenvalue weighted by molar-refractivity contribution is 0.415. The van der Waals surface area contributed by atoms with Crippen LogP contribution in [-0.4, -0.2) is 16.9 Å². The van der Waals surface area contributed by atoms with Crippen molar-refractivity contribution in [3.63, 3.8) is 0 Å². The van der Waals surface area contributed by atoms with E-state index in [2.05, 4.69) is 5.10 Å². The molecule has 0 atom stereocenters. The summed E-state index contributed by atoms with van der Waals surface area (Å²) in [6.45, 7) is 1.99. The molecule has 0 radical (unpaired) electrons. The highest BCUT2D eigenvalue weighted by atomic mass is 35.5. The van der Waals surface area contributed by atoms with Crippen molar-refractivity contribution >= 4 is 11.6 Å². The van der Waals surface area contributed by atoms with Gasteiger partial charge in [0.25, 0.3) is 0 Å². The maximum absolute atomic E-state index is 6.02. The van der Waals surface area contributed by atoms with Gasteiger partial charge in [-0.15, -0.1) is 0 Å². The number of benzene rings is 1. The summed E-state index contributed by atoms with van der Waals surface area (Å²) < 4.78 is 6.86. The van der Waals surface area contributed by atoms with Crippen LogP contribution in [0.4, 0.5) is 0 Å². The number of aromatic nitrogens is 2. The molecule has 0 aliphatic carbocycles. The molecule has 0 saturated carbocycles. The third-order valence-corrected chi connectivity index (χ3v) is 2.41. The summed E-state index contributed by atoms with van der Waals surface area (Å²) >= 11 is 6.02. The normalized spacial score (nSPS) is 10.3. The maximum atomic E-state index is 6.02. The summed E-state index contributed by atoms with van der Waals surface area (Å²) in [5.41, 5.74) is 2.04. The van der Waals surface area contributed by atoms with E-state index in [1.807, 2.05) is 31.3 Å². The van der Waals surface area contributed by atoms with Gasteiger partial charge in [0.15, 0.2) is 0 Å². The topological polar surface area (TPSA) is 27.1 Å². The molecule has 0 aliphatic rings. The number of rotatable bonds is 2. The molecule has 0 saturated heterocycles. The minimum absolute atomic E-state index is 0.586. The molecule has 0 N–H and O–H groups in total. The molecule has 2 aromatic rings. The quantitative estimate of drug-likeness (QED) is 0.781. The first kappa shape index (κ1) is 10.1. The first-order valence-corrected chi connectivity index (χ1v) is 4.93. The molecule has 0 spiro atoms. The van der Waals surface area contributed by atoms with Gasteiger partial charge in [0.05, 0.1) is 24.0 Å². The largest absolute Gasteiger partial charge is 0.495 e. The second-order valence-corrected chi connectivity index (χ2v) is 3.69. The summed E-state index contributed by atoms with van der Waals surface area (Å²) in [7, 11) is 1.60. The summed E-state index contributed by atoms with van der Waals surface area (Å²) in [5.74, 6) is 0.671. The molecule has 15 heavy (non-hydrogen) atoms. The summed E-state index contributed by atoms with van der Waals surface area (Å²) in [4.78, 5) is 0. The van der Waals surface area contributed by atoms with E-state index in [4.69, 9.17) is 16.3 Å². The molecule has 1 aromatic carbocycles. The molecule has 0 unspecified atom stereocenters. The van der Waals surface area contributed by atoms with E-state index in [0.29, 0.717) is 10.8 Å². The lowest BCUT2D eigenvalue weighted by Gasteiger charge is -2.05. The Labute approximate surface area is 93.2 Å². The number of hydrogen-bond acceptors (Lipinski definition) is 2. The van der Waals surface area contributed by atoms with Gasteiger partial charge in [0.2, 0.25) is 0 Å². The molecular formula is C11H11ClN2O. The molecule has 0 aliphatic heterocycles. The van der Waals surface area contributed by atoms with Crippen molar-refractivity contribution in [2.24, 2.45) is 0 Å². The van der Waals surface area contributed by atoms with Crippen molar-refractivity contribution < 1.29 is 4.74 Å². The van der Waals surface area contributed by atoms with Gasteiger partial charge in [-0.2, -0.15) is 5.10 Å². The maximum Gasteiger partial charge on any atom is 0.137 e. The van der Waals surface area contributed by atoms with Crippen LogP contribution in [0.25, 0.3) is 5.69 Å². The lowest BCUT2D eigenvalue weighted by atomic mass is 10.3. The van der Waals surface area contributed by atoms with Crippen molar-refractivity contribution in [3.05, 3.63) is 41.2 Å². The van der Waals surface area contributed by atoms with Crippen molar-refractivity contribution in [3.8, 4) is 11.4 Å². The van der Waals surface area contributed by atoms with E-state index in [9.17, 15) is 0 Å². The zero-order valence-electron chi connectivity index (χ0n) is 8.57. The molecule has 0 amide bonds. The summed E-state index contributed by atoms with van der Waals surface area (Å²) in [5, 5.41) is 4.79. The smallest absolute Gasteiger partial charge is 0.137 e. The predicted molar refractivity (Wildman–Crippen MR) is 59.9 cm³/mol. The van der Waals surface area contributed by atoms with E-state index in [0.717, 1.165) is 11.3 Å². The van der Waals surface area contributed by atoms with Crippen LogP contribution in [0, 0.1) is 6.92 Å². The van der Waals surface area contributed by atoms with Crippen LogP contribution in [-0.2, 0) is 0 Å². The monoisotopic (exact) mass is 222 g/mol. The Balaban J connectivity index is 2.42. The molecule has 4 heteroatoms. The SMILES string of the molecule is COc1ccc(-n2cc(C)cn2)cc1Cl. The third-order valence-electron chi connectivity index (χ3n) is 2.11. The van der Waals surface area contributed by atoms with Crippen molar-refractivity contribution in [1.29, 1.82) is 0 Å². The number of aryl methyl sites for hydroxylation is 1. The van der Waals surface area contributed by atoms with Crippen molar-refractivity contribution in [1.82, 2.24) is 9.78 Å². The fraction of sp³-hybridized carbons (Fsp3) is 0.182. The predicted octanol–water partition coefficient (Wildman–Crippen LogP) is 2.84. The van der Waals surface area contributed by atoms with Crippen molar-refractivity contribution in [2.45, 2.75) is 6.92 Å². The average molecular weight is 223 g/mol. The molecule has 2 rings (SSSR count). The summed E-state index contributed by atoms with van der Waals surface area (Å²) in [6.07, 6.45) is 3.75. The third kappa shape index (κ3) is 1.97. The van der Waals surface area contributed by atoms with Gasteiger partial charge in [0.1, 0.15) is 5.75 Å². The van der Waals surface area contributed by atoms with Crippen LogP contribution in [0.15, 0.2) is 30.6 Å². The minimum atomic E-state index is 0.586. The van der Waals surface area contributed by atoms with Crippen LogP contribution in [0.5, 0.6) is 5.75 Å². The zero-order chi connectivity index (χ0) is 10.8. The number of halogens is 1. The molecule has 78 valence electrons. The van der Waals surface area contributed by atoms with Gasteiger partial charge in [0, 0.05) is 6.20 Å². The van der Waals surface area contributed by atoms with E-state index in [1.54, 1.807) is 18.0 Å². The van der Waals surface area contributed by atoms with Gasteiger partial charge in [-0.05, 0) is 30.7 Å². The van der Waals surface area contributed by atoms with Gasteiger partial charge >= 0.3 is 0 Å². The number of ether oxygens (including phenoxy) is 1. The Morgan fingerprint density at radius 3 is 2.73 bits per heavy atom. The second-order valence-electron chi connectivity index (χ2n) is 3.28. The molecule has 1 heterocycles. The average Bonchev–Trinajstić information content (AvgIpc) is 2.65. The Morgan fingerprint density at radius 2 is 2.20 bits per heavy atom. The molecule has 3 nitrogen and oxygen atoms in total. The first-order chi connectivity index (χ1) is 7.20. The van der Waals surface area contributed by atoms with E-state index >= 15 is 0 Å². The van der Waals surface area contributed by atoms with Gasteiger partial charge in [-0.3, -0.25) is 0 Å². The number of methoxy groups -OCH3 is 1. The second kappa shape index (κ2) is 3.95. The first-order valence-electron chi connectivity index (χ1n) is 4.56. The van der Waals surface area contributed by atoms with E-state index < -0.39 is 0 Å². The highest BCUT2D eigenvalue weighted by Crippen LogP contribution is 2.26. The van der Waals surface area contributed by atoms with Crippen LogP contribution in [0.2, 0.25) is 5.02 Å². The zero-order valence-corrected chi connectivity index (χ0v) is 9.32. The van der Waals surface area contributed by atoms with E-state index in [-0.39, 0.29) is 0 Å². The van der Waals surface area contributed by atoms with Crippen LogP contribution in [0.1, 0.15) is 5.56 Å².